The van der Waals surface area contributed by atoms with Gasteiger partial charge in [0.1, 0.15) is 21.1 Å². The molecule has 0 aliphatic carbocycles. The van der Waals surface area contributed by atoms with Crippen molar-refractivity contribution in [3.05, 3.63) is 234 Å². The van der Waals surface area contributed by atoms with E-state index in [0.717, 1.165) is 41.5 Å². The Kier molecular flexibility index (Phi) is 20.0. The van der Waals surface area contributed by atoms with Crippen LogP contribution in [0.4, 0.5) is 0 Å². The molecular weight excluding hydrogens is 979 g/mol. The summed E-state index contributed by atoms with van der Waals surface area (Å²) >= 11 is 0. The molecule has 3 heteroatoms. The van der Waals surface area contributed by atoms with E-state index in [4.69, 9.17) is 4.11 Å². The SMILES string of the molecule is Cc1ccccc1-c1ccc(-c2ccc(C(C)CC(C)(C)C)cc2)c[n+]1C.[2H]C(C)(CC(C)(C)C)c1ccc(-c2ccc(-c3ccccc3C)[n+](C)c2)cc1.[2H]C([2H])(CCCCCC)c1ccc(-c2ccc(-c3ccccc3C)[n+](C)c2)cc1. The topological polar surface area (TPSA) is 11.6 Å². The number of unbranched alkanes of at least 4 members (excludes halogenated alkanes) is 3. The molecule has 0 fully saturated rings. The van der Waals surface area contributed by atoms with Gasteiger partial charge >= 0.3 is 0 Å². The van der Waals surface area contributed by atoms with Crippen molar-refractivity contribution in [2.24, 2.45) is 32.0 Å². The maximum absolute atomic E-state index is 8.77. The monoisotopic (exact) mass is 1080 g/mol. The van der Waals surface area contributed by atoms with Crippen LogP contribution in [0.1, 0.15) is 157 Å². The summed E-state index contributed by atoms with van der Waals surface area (Å²) in [6, 6.07) is 64.2. The van der Waals surface area contributed by atoms with Crippen molar-refractivity contribution in [1.82, 2.24) is 0 Å². The molecule has 3 nitrogen and oxygen atoms in total. The Bertz CT molecular complexity index is 3580. The first-order chi connectivity index (χ1) is 39.7. The lowest BCUT2D eigenvalue weighted by Gasteiger charge is -2.23. The molecule has 9 aromatic rings. The van der Waals surface area contributed by atoms with Gasteiger partial charge in [0.25, 0.3) is 0 Å². The highest BCUT2D eigenvalue weighted by Crippen LogP contribution is 2.34. The van der Waals surface area contributed by atoms with Gasteiger partial charge in [0.15, 0.2) is 18.6 Å². The molecule has 0 amide bonds. The number of aryl methyl sites for hydroxylation is 7. The summed E-state index contributed by atoms with van der Waals surface area (Å²) in [5.74, 6) is 0.00876. The fourth-order valence-electron chi connectivity index (χ4n) is 11.2. The number of nitrogens with zero attached hydrogens (tertiary/aromatic N) is 3. The van der Waals surface area contributed by atoms with E-state index in [-0.39, 0.29) is 5.41 Å². The van der Waals surface area contributed by atoms with E-state index in [2.05, 4.69) is 287 Å². The molecule has 3 heterocycles. The first-order valence-electron chi connectivity index (χ1n) is 31.2. The molecule has 2 atom stereocenters. The fourth-order valence-corrected chi connectivity index (χ4v) is 11.2. The third-order valence-corrected chi connectivity index (χ3v) is 15.5. The Hall–Kier alpha value is -7.23. The highest BCUT2D eigenvalue weighted by atomic mass is 14.9. The second-order valence-corrected chi connectivity index (χ2v) is 25.1. The molecule has 0 saturated heterocycles. The highest BCUT2D eigenvalue weighted by Gasteiger charge is 2.20. The van der Waals surface area contributed by atoms with Gasteiger partial charge in [-0.2, -0.15) is 0 Å². The van der Waals surface area contributed by atoms with E-state index in [9.17, 15) is 0 Å². The third-order valence-electron chi connectivity index (χ3n) is 15.5. The standard InChI is InChI=1S/3C26H32N/c2*1-19-9-7-8-10-24(19)25-16-15-23(18-27(25)6)22-13-11-21(12-14-22)20(2)17-26(3,4)5;1-4-5-6-7-8-12-22-14-16-23(17-15-22)24-18-19-26(27(3)20-24)25-13-10-9-11-21(25)2/h2*7-16,18,20H,17H2,1-6H3;9-11,13-20H,4-8,12H2,1-3H3/q3*+1/i20D;;12D2. The van der Waals surface area contributed by atoms with Crippen molar-refractivity contribution >= 4 is 0 Å². The van der Waals surface area contributed by atoms with Crippen LogP contribution in [-0.2, 0) is 27.5 Å². The van der Waals surface area contributed by atoms with Gasteiger partial charge in [-0.15, -0.1) is 0 Å². The molecule has 3 aromatic heterocycles. The summed E-state index contributed by atoms with van der Waals surface area (Å²) in [5.41, 5.74) is 22.2. The van der Waals surface area contributed by atoms with Gasteiger partial charge in [-0.1, -0.05) is 215 Å². The van der Waals surface area contributed by atoms with Crippen LogP contribution in [0.3, 0.4) is 0 Å². The van der Waals surface area contributed by atoms with Crippen LogP contribution in [0.2, 0.25) is 0 Å². The van der Waals surface area contributed by atoms with Crippen molar-refractivity contribution in [2.45, 2.75) is 146 Å². The van der Waals surface area contributed by atoms with E-state index in [1.165, 1.54) is 97.5 Å². The maximum atomic E-state index is 8.77. The van der Waals surface area contributed by atoms with Crippen LogP contribution < -0.4 is 13.7 Å². The lowest BCUT2D eigenvalue weighted by atomic mass is 9.82. The molecule has 0 bridgehead atoms. The van der Waals surface area contributed by atoms with Crippen LogP contribution in [-0.4, -0.2) is 0 Å². The minimum Gasteiger partial charge on any atom is -0.200 e. The van der Waals surface area contributed by atoms with Crippen molar-refractivity contribution in [3.8, 4) is 67.2 Å². The van der Waals surface area contributed by atoms with E-state index in [1.807, 2.05) is 31.2 Å². The number of benzene rings is 6. The quantitative estimate of drug-likeness (QED) is 0.0675. The number of hydrogen-bond donors (Lipinski definition) is 0. The molecule has 81 heavy (non-hydrogen) atoms. The van der Waals surface area contributed by atoms with Crippen LogP contribution in [0, 0.1) is 31.6 Å². The fraction of sp³-hybridized carbons (Fsp3) is 0.346. The second kappa shape index (κ2) is 28.5. The summed E-state index contributed by atoms with van der Waals surface area (Å²) in [5, 5.41) is 0. The summed E-state index contributed by atoms with van der Waals surface area (Å²) in [6.45, 7) is 26.5. The lowest BCUT2D eigenvalue weighted by Crippen LogP contribution is -2.30. The molecule has 9 rings (SSSR count). The van der Waals surface area contributed by atoms with Crippen molar-refractivity contribution in [2.75, 3.05) is 0 Å². The zero-order valence-corrected chi connectivity index (χ0v) is 51.9. The Morgan fingerprint density at radius 1 is 0.395 bits per heavy atom. The minimum absolute atomic E-state index is 0.133. The van der Waals surface area contributed by atoms with Gasteiger partial charge in [0.05, 0.1) is 0 Å². The van der Waals surface area contributed by atoms with Gasteiger partial charge < -0.3 is 0 Å². The van der Waals surface area contributed by atoms with E-state index in [0.29, 0.717) is 17.8 Å². The van der Waals surface area contributed by atoms with Crippen LogP contribution in [0.15, 0.2) is 201 Å². The van der Waals surface area contributed by atoms with Gasteiger partial charge in [-0.25, -0.2) is 13.7 Å². The summed E-state index contributed by atoms with van der Waals surface area (Å²) in [4.78, 5) is 0. The molecular formula is C78H96N3+3. The predicted molar refractivity (Wildman–Crippen MR) is 347 cm³/mol. The second-order valence-electron chi connectivity index (χ2n) is 25.1. The molecule has 0 spiro atoms. The molecule has 6 aromatic carbocycles. The summed E-state index contributed by atoms with van der Waals surface area (Å²) in [6.07, 6.45) is 12.3. The first-order valence-corrected chi connectivity index (χ1v) is 29.7. The molecule has 2 unspecified atom stereocenters. The van der Waals surface area contributed by atoms with Gasteiger partial charge in [-0.3, -0.25) is 0 Å². The van der Waals surface area contributed by atoms with Crippen LogP contribution in [0.25, 0.3) is 67.2 Å². The summed E-state index contributed by atoms with van der Waals surface area (Å²) in [7, 11) is 6.31. The van der Waals surface area contributed by atoms with Crippen molar-refractivity contribution < 1.29 is 17.8 Å². The van der Waals surface area contributed by atoms with Crippen molar-refractivity contribution in [1.29, 1.82) is 0 Å². The highest BCUT2D eigenvalue weighted by molar-refractivity contribution is 5.69. The van der Waals surface area contributed by atoms with E-state index >= 15 is 0 Å². The number of rotatable bonds is 16. The van der Waals surface area contributed by atoms with Gasteiger partial charge in [0, 0.05) is 55.7 Å². The average Bonchev–Trinajstić information content (AvgIpc) is 2.62. The third kappa shape index (κ3) is 17.6. The van der Waals surface area contributed by atoms with Crippen LogP contribution in [0.5, 0.6) is 0 Å². The van der Waals surface area contributed by atoms with Gasteiger partial charge in [0.2, 0.25) is 17.1 Å². The Balaban J connectivity index is 0.000000181. The Labute approximate surface area is 494 Å². The Morgan fingerprint density at radius 2 is 0.728 bits per heavy atom. The molecule has 0 N–H and O–H groups in total. The number of aromatic nitrogens is 3. The molecule has 0 radical (unpaired) electrons. The smallest absolute Gasteiger partial charge is 0.200 e. The Morgan fingerprint density at radius 3 is 1.07 bits per heavy atom. The predicted octanol–water partition coefficient (Wildman–Crippen LogP) is 20.1. The van der Waals surface area contributed by atoms with Gasteiger partial charge in [-0.05, 0) is 156 Å². The lowest BCUT2D eigenvalue weighted by molar-refractivity contribution is -0.660. The number of pyridine rings is 3. The molecule has 420 valence electrons. The average molecular weight is 1080 g/mol. The molecule has 0 saturated carbocycles. The summed E-state index contributed by atoms with van der Waals surface area (Å²) < 4.78 is 32.2. The van der Waals surface area contributed by atoms with Crippen LogP contribution >= 0.6 is 0 Å². The van der Waals surface area contributed by atoms with E-state index in [1.54, 1.807) is 0 Å². The first kappa shape index (κ1) is 57.0. The zero-order chi connectivity index (χ0) is 61.0. The minimum atomic E-state index is -1.26. The molecule has 0 aliphatic heterocycles. The largest absolute Gasteiger partial charge is 0.212 e. The zero-order valence-electron chi connectivity index (χ0n) is 54.9. The maximum Gasteiger partial charge on any atom is 0.212 e. The molecule has 0 aliphatic rings. The van der Waals surface area contributed by atoms with Crippen molar-refractivity contribution in [3.63, 3.8) is 0 Å². The number of hydrogen-bond acceptors (Lipinski definition) is 0. The normalized spacial score (nSPS) is 13.3. The van der Waals surface area contributed by atoms with E-state index < -0.39 is 12.3 Å².